The molecule has 1 heterocycles. The van der Waals surface area contributed by atoms with Gasteiger partial charge in [0.1, 0.15) is 5.01 Å². The van der Waals surface area contributed by atoms with Gasteiger partial charge in [-0.3, -0.25) is 9.59 Å². The highest BCUT2D eigenvalue weighted by Gasteiger charge is 2.55. The third-order valence-corrected chi connectivity index (χ3v) is 8.65. The summed E-state index contributed by atoms with van der Waals surface area (Å²) in [6.45, 7) is 1.79. The van der Waals surface area contributed by atoms with E-state index in [1.165, 1.54) is 19.3 Å². The average Bonchev–Trinajstić information content (AvgIpc) is 3.13. The second-order valence-corrected chi connectivity index (χ2v) is 10.5. The van der Waals surface area contributed by atoms with E-state index in [-0.39, 0.29) is 29.9 Å². The smallest absolute Gasteiger partial charge is 0.312 e. The Morgan fingerprint density at radius 2 is 1.79 bits per heavy atom. The molecule has 0 radical (unpaired) electrons. The van der Waals surface area contributed by atoms with Crippen LogP contribution < -0.4 is 0 Å². The summed E-state index contributed by atoms with van der Waals surface area (Å²) in [6, 6.07) is 7.83. The Hall–Kier alpha value is -1.95. The Morgan fingerprint density at radius 3 is 2.41 bits per heavy atom. The molecule has 0 N–H and O–H groups in total. The molecule has 6 rings (SSSR count). The zero-order valence-electron chi connectivity index (χ0n) is 17.1. The summed E-state index contributed by atoms with van der Waals surface area (Å²) in [5.41, 5.74) is 0.639. The van der Waals surface area contributed by atoms with Crippen LogP contribution in [0.1, 0.15) is 56.5 Å². The highest BCUT2D eigenvalue weighted by atomic mass is 32.1. The average molecular weight is 413 g/mol. The summed E-state index contributed by atoms with van der Waals surface area (Å²) in [4.78, 5) is 32.0. The molecule has 2 aromatic rings. The molecule has 4 saturated carbocycles. The summed E-state index contributed by atoms with van der Waals surface area (Å²) in [5, 5.41) is 0.898. The molecule has 1 aromatic heterocycles. The summed E-state index contributed by atoms with van der Waals surface area (Å²) in [6.07, 6.45) is 6.74. The Bertz CT molecular complexity index is 884. The number of ether oxygens (including phenoxy) is 1. The number of benzene rings is 1. The third-order valence-electron chi connectivity index (χ3n) is 7.44. The fourth-order valence-electron chi connectivity index (χ4n) is 6.19. The van der Waals surface area contributed by atoms with E-state index in [9.17, 15) is 9.59 Å². The molecule has 6 heteroatoms. The van der Waals surface area contributed by atoms with Gasteiger partial charge in [0.25, 0.3) is 5.91 Å². The van der Waals surface area contributed by atoms with Gasteiger partial charge in [0.05, 0.1) is 21.7 Å². The van der Waals surface area contributed by atoms with Gasteiger partial charge in [-0.15, -0.1) is 11.3 Å². The molecule has 0 unspecified atom stereocenters. The minimum atomic E-state index is -0.313. The van der Waals surface area contributed by atoms with Crippen molar-refractivity contribution in [1.82, 2.24) is 9.88 Å². The molecule has 0 aliphatic heterocycles. The summed E-state index contributed by atoms with van der Waals surface area (Å²) in [7, 11) is 1.76. The number of carbonyl (C=O) groups excluding carboxylic acids is 2. The van der Waals surface area contributed by atoms with E-state index in [1.54, 1.807) is 23.3 Å². The maximum Gasteiger partial charge on any atom is 0.312 e. The monoisotopic (exact) mass is 412 g/mol. The first-order valence-electron chi connectivity index (χ1n) is 10.7. The van der Waals surface area contributed by atoms with Crippen molar-refractivity contribution in [1.29, 1.82) is 0 Å². The van der Waals surface area contributed by atoms with Crippen LogP contribution in [0.25, 0.3) is 10.2 Å². The Morgan fingerprint density at radius 1 is 1.17 bits per heavy atom. The number of thiazole rings is 1. The number of nitrogens with zero attached hydrogens (tertiary/aromatic N) is 2. The summed E-state index contributed by atoms with van der Waals surface area (Å²) in [5.74, 6) is 1.75. The van der Waals surface area contributed by atoms with Gasteiger partial charge >= 0.3 is 5.97 Å². The standard InChI is InChI=1S/C23H28N2O3S/c1-14(21-24-18-5-3-4-6-19(18)29-21)25(2)20(26)13-28-22(27)23-10-15-7-16(11-23)9-17(8-15)12-23/h3-6,14-17H,7-13H2,1-2H3/t14-,15?,16?,17?,23?/m0/s1. The fraction of sp³-hybridized carbons (Fsp3) is 0.609. The maximum atomic E-state index is 13.0. The SMILES string of the molecule is C[C@@H](c1nc2ccccc2s1)N(C)C(=O)COC(=O)C12CC3CC(CC(C3)C1)C2. The molecule has 0 spiro atoms. The highest BCUT2D eigenvalue weighted by Crippen LogP contribution is 2.60. The zero-order valence-corrected chi connectivity index (χ0v) is 17.9. The minimum Gasteiger partial charge on any atom is -0.455 e. The number of aromatic nitrogens is 1. The van der Waals surface area contributed by atoms with Crippen LogP contribution in [0, 0.1) is 23.2 Å². The van der Waals surface area contributed by atoms with Crippen molar-refractivity contribution in [2.24, 2.45) is 23.2 Å². The van der Waals surface area contributed by atoms with Crippen molar-refractivity contribution in [2.75, 3.05) is 13.7 Å². The highest BCUT2D eigenvalue weighted by molar-refractivity contribution is 7.18. The van der Waals surface area contributed by atoms with Gasteiger partial charge in [0.15, 0.2) is 6.61 Å². The quantitative estimate of drug-likeness (QED) is 0.675. The maximum absolute atomic E-state index is 13.0. The van der Waals surface area contributed by atoms with Crippen molar-refractivity contribution >= 4 is 33.4 Å². The molecule has 1 amide bonds. The van der Waals surface area contributed by atoms with Gasteiger partial charge in [-0.05, 0) is 75.3 Å². The minimum absolute atomic E-state index is 0.133. The van der Waals surface area contributed by atoms with Gasteiger partial charge in [-0.2, -0.15) is 0 Å². The molecule has 5 nitrogen and oxygen atoms in total. The number of amides is 1. The molecular weight excluding hydrogens is 384 g/mol. The largest absolute Gasteiger partial charge is 0.455 e. The van der Waals surface area contributed by atoms with Crippen LogP contribution in [-0.4, -0.2) is 35.4 Å². The van der Waals surface area contributed by atoms with Crippen molar-refractivity contribution in [2.45, 2.75) is 51.5 Å². The topological polar surface area (TPSA) is 59.5 Å². The van der Waals surface area contributed by atoms with Gasteiger partial charge in [-0.25, -0.2) is 4.98 Å². The van der Waals surface area contributed by atoms with E-state index >= 15 is 0 Å². The molecule has 29 heavy (non-hydrogen) atoms. The van der Waals surface area contributed by atoms with Crippen molar-refractivity contribution in [3.63, 3.8) is 0 Å². The van der Waals surface area contributed by atoms with E-state index in [4.69, 9.17) is 4.74 Å². The Balaban J connectivity index is 1.21. The number of rotatable bonds is 5. The van der Waals surface area contributed by atoms with Gasteiger partial charge in [-0.1, -0.05) is 12.1 Å². The van der Waals surface area contributed by atoms with Crippen molar-refractivity contribution in [3.8, 4) is 0 Å². The number of likely N-dealkylation sites (N-methyl/N-ethyl adjacent to an activating group) is 1. The lowest BCUT2D eigenvalue weighted by molar-refractivity contribution is -0.174. The molecule has 4 aliphatic carbocycles. The molecule has 154 valence electrons. The van der Waals surface area contributed by atoms with Crippen molar-refractivity contribution in [3.05, 3.63) is 29.3 Å². The van der Waals surface area contributed by atoms with E-state index in [2.05, 4.69) is 4.98 Å². The number of carbonyl (C=O) groups is 2. The number of esters is 1. The Kier molecular flexibility index (Phi) is 4.65. The van der Waals surface area contributed by atoms with Crippen LogP contribution >= 0.6 is 11.3 Å². The lowest BCUT2D eigenvalue weighted by atomic mass is 9.49. The molecular formula is C23H28N2O3S. The first-order chi connectivity index (χ1) is 13.9. The van der Waals surface area contributed by atoms with Crippen LogP contribution in [-0.2, 0) is 14.3 Å². The number of hydrogen-bond donors (Lipinski definition) is 0. The van der Waals surface area contributed by atoms with E-state index in [0.717, 1.165) is 34.5 Å². The third kappa shape index (κ3) is 3.35. The lowest BCUT2D eigenvalue weighted by Crippen LogP contribution is -2.51. The molecule has 1 aromatic carbocycles. The van der Waals surface area contributed by atoms with Crippen LogP contribution in [0.2, 0.25) is 0 Å². The first-order valence-corrected chi connectivity index (χ1v) is 11.5. The number of fused-ring (bicyclic) bond motifs is 1. The molecule has 4 aliphatic rings. The van der Waals surface area contributed by atoms with Gasteiger partial charge in [0, 0.05) is 7.05 Å². The summed E-state index contributed by atoms with van der Waals surface area (Å²) >= 11 is 1.60. The number of hydrogen-bond acceptors (Lipinski definition) is 5. The predicted molar refractivity (Wildman–Crippen MR) is 112 cm³/mol. The number of para-hydroxylation sites is 1. The van der Waals surface area contributed by atoms with Crippen LogP contribution in [0.15, 0.2) is 24.3 Å². The van der Waals surface area contributed by atoms with E-state index in [0.29, 0.717) is 17.8 Å². The van der Waals surface area contributed by atoms with E-state index in [1.807, 2.05) is 31.2 Å². The molecule has 4 fully saturated rings. The van der Waals surface area contributed by atoms with Crippen LogP contribution in [0.3, 0.4) is 0 Å². The van der Waals surface area contributed by atoms with Crippen molar-refractivity contribution < 1.29 is 14.3 Å². The fourth-order valence-corrected chi connectivity index (χ4v) is 7.26. The van der Waals surface area contributed by atoms with Crippen LogP contribution in [0.5, 0.6) is 0 Å². The molecule has 1 atom stereocenters. The normalized spacial score (nSPS) is 31.0. The van der Waals surface area contributed by atoms with Gasteiger partial charge in [0.2, 0.25) is 0 Å². The Labute approximate surface area is 175 Å². The molecule has 4 bridgehead atoms. The predicted octanol–water partition coefficient (Wildman–Crippen LogP) is 4.58. The van der Waals surface area contributed by atoms with Crippen LogP contribution in [0.4, 0.5) is 0 Å². The second-order valence-electron chi connectivity index (χ2n) is 9.47. The first kappa shape index (κ1) is 19.0. The molecule has 0 saturated heterocycles. The second kappa shape index (κ2) is 7.08. The van der Waals surface area contributed by atoms with Gasteiger partial charge < -0.3 is 9.64 Å². The summed E-state index contributed by atoms with van der Waals surface area (Å²) < 4.78 is 6.72. The lowest BCUT2D eigenvalue weighted by Gasteiger charge is -2.55. The zero-order chi connectivity index (χ0) is 20.2. The van der Waals surface area contributed by atoms with E-state index < -0.39 is 0 Å².